The second kappa shape index (κ2) is 6.92. The molecule has 4 nitrogen and oxygen atoms in total. The Morgan fingerprint density at radius 2 is 1.96 bits per heavy atom. The summed E-state index contributed by atoms with van der Waals surface area (Å²) < 4.78 is 12.4. The van der Waals surface area contributed by atoms with Crippen LogP contribution in [0.15, 0.2) is 42.5 Å². The van der Waals surface area contributed by atoms with E-state index in [2.05, 4.69) is 41.2 Å². The molecule has 0 saturated heterocycles. The summed E-state index contributed by atoms with van der Waals surface area (Å²) in [7, 11) is 0. The highest BCUT2D eigenvalue weighted by Crippen LogP contribution is 2.42. The summed E-state index contributed by atoms with van der Waals surface area (Å²) in [5.74, 6) is 2.87. The highest BCUT2D eigenvalue weighted by Gasteiger charge is 2.23. The van der Waals surface area contributed by atoms with Gasteiger partial charge in [-0.2, -0.15) is 0 Å². The Bertz CT molecular complexity index is 1010. The second-order valence-corrected chi connectivity index (χ2v) is 6.59. The molecule has 1 aliphatic heterocycles. The lowest BCUT2D eigenvalue weighted by Gasteiger charge is -2.22. The van der Waals surface area contributed by atoms with Gasteiger partial charge >= 0.3 is 0 Å². The third-order valence-electron chi connectivity index (χ3n) is 4.54. The molecule has 4 rings (SSSR count). The first-order valence-corrected chi connectivity index (χ1v) is 9.25. The molecule has 0 fully saturated rings. The molecular formula is C21H20N2O2S. The van der Waals surface area contributed by atoms with E-state index < -0.39 is 0 Å². The number of hydrogen-bond acceptors (Lipinski definition) is 4. The molecule has 0 spiro atoms. The Balaban J connectivity index is 1.76. The normalized spacial score (nSPS) is 12.1. The van der Waals surface area contributed by atoms with Gasteiger partial charge in [0.25, 0.3) is 0 Å². The van der Waals surface area contributed by atoms with Crippen LogP contribution in [0.5, 0.6) is 17.4 Å². The van der Waals surface area contributed by atoms with Crippen molar-refractivity contribution in [2.24, 2.45) is 0 Å². The molecule has 0 atom stereocenters. The molecule has 0 aliphatic carbocycles. The molecule has 3 aromatic rings. The summed E-state index contributed by atoms with van der Waals surface area (Å²) in [6.45, 7) is 4.69. The molecule has 1 aliphatic rings. The molecule has 0 saturated carbocycles. The van der Waals surface area contributed by atoms with Gasteiger partial charge in [-0.15, -0.1) is 0 Å². The highest BCUT2D eigenvalue weighted by molar-refractivity contribution is 7.71. The highest BCUT2D eigenvalue weighted by atomic mass is 32.1. The maximum absolute atomic E-state index is 6.16. The first kappa shape index (κ1) is 16.8. The summed E-state index contributed by atoms with van der Waals surface area (Å²) in [6, 6.07) is 14.3. The van der Waals surface area contributed by atoms with Gasteiger partial charge in [-0.3, -0.25) is 0 Å². The zero-order chi connectivity index (χ0) is 18.1. The first-order valence-electron chi connectivity index (χ1n) is 8.84. The molecule has 26 heavy (non-hydrogen) atoms. The number of hydrogen-bond donors (Lipinski definition) is 1. The van der Waals surface area contributed by atoms with E-state index in [1.54, 1.807) is 0 Å². The van der Waals surface area contributed by atoms with Gasteiger partial charge in [0.1, 0.15) is 10.5 Å². The third kappa shape index (κ3) is 2.99. The van der Waals surface area contributed by atoms with E-state index >= 15 is 0 Å². The molecule has 0 bridgehead atoms. The van der Waals surface area contributed by atoms with Crippen molar-refractivity contribution in [3.8, 4) is 28.8 Å². The number of H-pyrrole nitrogens is 1. The number of aromatic nitrogens is 2. The summed E-state index contributed by atoms with van der Waals surface area (Å²) in [5, 5.41) is 0. The number of rotatable bonds is 4. The zero-order valence-corrected chi connectivity index (χ0v) is 15.7. The largest absolute Gasteiger partial charge is 0.490 e. The van der Waals surface area contributed by atoms with E-state index in [4.69, 9.17) is 21.7 Å². The topological polar surface area (TPSA) is 47.1 Å². The monoisotopic (exact) mass is 364 g/mol. The fraction of sp³-hybridized carbons (Fsp3) is 0.238. The molecule has 132 valence electrons. The van der Waals surface area contributed by atoms with Crippen LogP contribution in [0.2, 0.25) is 0 Å². The quantitative estimate of drug-likeness (QED) is 0.488. The fourth-order valence-electron chi connectivity index (χ4n) is 3.13. The average molecular weight is 364 g/mol. The number of fused-ring (bicyclic) bond motifs is 2. The molecule has 1 aromatic heterocycles. The van der Waals surface area contributed by atoms with Crippen LogP contribution >= 0.6 is 12.2 Å². The summed E-state index contributed by atoms with van der Waals surface area (Å²) >= 11 is 5.55. The van der Waals surface area contributed by atoms with Gasteiger partial charge in [0.15, 0.2) is 11.5 Å². The van der Waals surface area contributed by atoms with Crippen molar-refractivity contribution in [3.05, 3.63) is 63.8 Å². The predicted octanol–water partition coefficient (Wildman–Crippen LogP) is 5.46. The van der Waals surface area contributed by atoms with Gasteiger partial charge in [-0.25, -0.2) is 4.98 Å². The number of benzene rings is 2. The van der Waals surface area contributed by atoms with Crippen molar-refractivity contribution in [2.75, 3.05) is 6.61 Å². The molecule has 2 aromatic carbocycles. The van der Waals surface area contributed by atoms with Gasteiger partial charge in [0.05, 0.1) is 12.2 Å². The van der Waals surface area contributed by atoms with Crippen LogP contribution in [-0.4, -0.2) is 16.6 Å². The van der Waals surface area contributed by atoms with E-state index in [9.17, 15) is 0 Å². The zero-order valence-electron chi connectivity index (χ0n) is 14.8. The van der Waals surface area contributed by atoms with Crippen LogP contribution in [0.3, 0.4) is 0 Å². The Labute approximate surface area is 157 Å². The van der Waals surface area contributed by atoms with Crippen molar-refractivity contribution in [1.82, 2.24) is 9.97 Å². The molecular weight excluding hydrogens is 344 g/mol. The van der Waals surface area contributed by atoms with E-state index in [1.165, 1.54) is 5.56 Å². The molecule has 0 radical (unpaired) electrons. The minimum atomic E-state index is 0.570. The molecule has 5 heteroatoms. The lowest BCUT2D eigenvalue weighted by atomic mass is 10.0. The van der Waals surface area contributed by atoms with Crippen LogP contribution in [0.4, 0.5) is 0 Å². The molecule has 1 N–H and O–H groups in total. The number of aryl methyl sites for hydroxylation is 1. The lowest BCUT2D eigenvalue weighted by molar-refractivity contribution is 0.315. The molecule has 0 unspecified atom stereocenters. The van der Waals surface area contributed by atoms with E-state index in [1.807, 2.05) is 25.1 Å². The Morgan fingerprint density at radius 1 is 1.15 bits per heavy atom. The molecule has 2 heterocycles. The summed E-state index contributed by atoms with van der Waals surface area (Å²) in [6.07, 6.45) is 1.69. The minimum absolute atomic E-state index is 0.570. The van der Waals surface area contributed by atoms with Gasteiger partial charge in [-0.1, -0.05) is 55.5 Å². The van der Waals surface area contributed by atoms with E-state index in [0.29, 0.717) is 29.4 Å². The number of aromatic amines is 1. The molecule has 0 amide bonds. The summed E-state index contributed by atoms with van der Waals surface area (Å²) in [5.41, 5.74) is 4.25. The number of nitrogens with zero attached hydrogens (tertiary/aromatic N) is 1. The Hall–Kier alpha value is -2.66. The van der Waals surface area contributed by atoms with Crippen LogP contribution in [-0.2, 0) is 12.8 Å². The standard InChI is InChI=1S/C21H20N2O2S/c1-3-13-8-10-14(11-9-13)19-22-20-16(21(26)23-19)12-15-6-5-7-17(24-4-2)18(15)25-20/h5-11H,3-4,12H2,1-2H3,(H,22,23,26). The first-order chi connectivity index (χ1) is 12.7. The van der Waals surface area contributed by atoms with Gasteiger partial charge in [0, 0.05) is 17.5 Å². The SMILES string of the molecule is CCOc1cccc2c1Oc1[nH]c(-c3ccc(CC)cc3)nc(=S)c1C2. The van der Waals surface area contributed by atoms with Gasteiger partial charge in [-0.05, 0) is 25.0 Å². The summed E-state index contributed by atoms with van der Waals surface area (Å²) in [4.78, 5) is 7.91. The van der Waals surface area contributed by atoms with Crippen LogP contribution in [0.25, 0.3) is 11.4 Å². The third-order valence-corrected chi connectivity index (χ3v) is 4.88. The van der Waals surface area contributed by atoms with Crippen molar-refractivity contribution >= 4 is 12.2 Å². The lowest BCUT2D eigenvalue weighted by Crippen LogP contribution is -2.09. The maximum atomic E-state index is 6.16. The van der Waals surface area contributed by atoms with E-state index in [0.717, 1.165) is 34.6 Å². The van der Waals surface area contributed by atoms with Crippen molar-refractivity contribution in [3.63, 3.8) is 0 Å². The van der Waals surface area contributed by atoms with Crippen molar-refractivity contribution < 1.29 is 9.47 Å². The smallest absolute Gasteiger partial charge is 0.205 e. The number of ether oxygens (including phenoxy) is 2. The average Bonchev–Trinajstić information content (AvgIpc) is 2.67. The second-order valence-electron chi connectivity index (χ2n) is 6.20. The number of nitrogens with one attached hydrogen (secondary N) is 1. The van der Waals surface area contributed by atoms with E-state index in [-0.39, 0.29) is 0 Å². The Kier molecular flexibility index (Phi) is 4.47. The van der Waals surface area contributed by atoms with Crippen molar-refractivity contribution in [2.45, 2.75) is 26.7 Å². The Morgan fingerprint density at radius 3 is 2.69 bits per heavy atom. The predicted molar refractivity (Wildman–Crippen MR) is 105 cm³/mol. The minimum Gasteiger partial charge on any atom is -0.490 e. The maximum Gasteiger partial charge on any atom is 0.205 e. The number of para-hydroxylation sites is 1. The van der Waals surface area contributed by atoms with Crippen LogP contribution in [0.1, 0.15) is 30.5 Å². The van der Waals surface area contributed by atoms with Crippen LogP contribution < -0.4 is 9.47 Å². The van der Waals surface area contributed by atoms with Gasteiger partial charge < -0.3 is 14.5 Å². The fourth-order valence-corrected chi connectivity index (χ4v) is 3.39. The van der Waals surface area contributed by atoms with Gasteiger partial charge in [0.2, 0.25) is 5.88 Å². The van der Waals surface area contributed by atoms with Crippen molar-refractivity contribution in [1.29, 1.82) is 0 Å². The van der Waals surface area contributed by atoms with Crippen LogP contribution in [0, 0.1) is 4.64 Å².